The van der Waals surface area contributed by atoms with Crippen molar-refractivity contribution in [2.45, 2.75) is 19.9 Å². The van der Waals surface area contributed by atoms with Gasteiger partial charge in [-0.05, 0) is 44.2 Å². The van der Waals surface area contributed by atoms with Crippen LogP contribution in [0.25, 0.3) is 0 Å². The van der Waals surface area contributed by atoms with Crippen molar-refractivity contribution in [2.24, 2.45) is 0 Å². The van der Waals surface area contributed by atoms with Crippen molar-refractivity contribution in [2.75, 3.05) is 25.0 Å². The van der Waals surface area contributed by atoms with E-state index in [1.165, 1.54) is 0 Å². The molecule has 2 aromatic carbocycles. The fraction of sp³-hybridized carbons (Fsp3) is 0.250. The Morgan fingerprint density at radius 3 is 2.43 bits per heavy atom. The predicted octanol–water partition coefficient (Wildman–Crippen LogP) is 3.05. The summed E-state index contributed by atoms with van der Waals surface area (Å²) in [7, 11) is 0. The molecule has 156 valence electrons. The van der Waals surface area contributed by atoms with Crippen LogP contribution >= 0.6 is 0 Å². The normalized spacial score (nSPS) is 11.7. The molecule has 0 unspecified atom stereocenters. The number of benzene rings is 2. The van der Waals surface area contributed by atoms with Crippen molar-refractivity contribution in [3.8, 4) is 0 Å². The third kappa shape index (κ3) is 5.36. The highest BCUT2D eigenvalue weighted by Gasteiger charge is 2.21. The van der Waals surface area contributed by atoms with Crippen molar-refractivity contribution in [3.63, 3.8) is 0 Å². The number of furan rings is 1. The van der Waals surface area contributed by atoms with Gasteiger partial charge in [-0.2, -0.15) is 0 Å². The van der Waals surface area contributed by atoms with Gasteiger partial charge in [0.15, 0.2) is 18.3 Å². The number of hydrogen-bond donors (Lipinski definition) is 2. The van der Waals surface area contributed by atoms with E-state index in [-0.39, 0.29) is 24.4 Å². The maximum absolute atomic E-state index is 12.6. The summed E-state index contributed by atoms with van der Waals surface area (Å²) in [6, 6.07) is 20.6. The predicted molar refractivity (Wildman–Crippen MR) is 116 cm³/mol. The zero-order valence-electron chi connectivity index (χ0n) is 17.4. The quantitative estimate of drug-likeness (QED) is 0.573. The average Bonchev–Trinajstić information content (AvgIpc) is 3.30. The summed E-state index contributed by atoms with van der Waals surface area (Å²) < 4.78 is 5.58. The second-order valence-electron chi connectivity index (χ2n) is 6.95. The molecule has 30 heavy (non-hydrogen) atoms. The summed E-state index contributed by atoms with van der Waals surface area (Å²) in [5, 5.41) is 4.83. The summed E-state index contributed by atoms with van der Waals surface area (Å²) in [5.74, 6) is 0.611. The number of nitrogens with two attached hydrogens (primary N) is 1. The first-order chi connectivity index (χ1) is 14.6. The molecule has 6 nitrogen and oxygen atoms in total. The van der Waals surface area contributed by atoms with E-state index in [9.17, 15) is 9.59 Å². The Morgan fingerprint density at radius 2 is 1.77 bits per heavy atom. The lowest BCUT2D eigenvalue weighted by atomic mass is 10.0. The molecule has 2 amide bonds. The smallest absolute Gasteiger partial charge is 0.279 e. The number of hydrogen-bond acceptors (Lipinski definition) is 3. The molecular formula is C24H28N3O3+. The molecule has 6 heteroatoms. The maximum atomic E-state index is 12.6. The molecule has 0 saturated heterocycles. The number of amides is 2. The molecule has 0 fully saturated rings. The fourth-order valence-corrected chi connectivity index (χ4v) is 3.41. The second-order valence-corrected chi connectivity index (χ2v) is 6.95. The van der Waals surface area contributed by atoms with Crippen LogP contribution in [0.4, 0.5) is 5.69 Å². The van der Waals surface area contributed by atoms with Crippen LogP contribution in [0, 0.1) is 0 Å². The van der Waals surface area contributed by atoms with E-state index in [0.29, 0.717) is 24.3 Å². The van der Waals surface area contributed by atoms with Gasteiger partial charge in [-0.3, -0.25) is 9.59 Å². The average molecular weight is 407 g/mol. The van der Waals surface area contributed by atoms with Crippen molar-refractivity contribution in [3.05, 3.63) is 89.9 Å². The minimum atomic E-state index is -0.144. The van der Waals surface area contributed by atoms with Gasteiger partial charge in [-0.25, -0.2) is 0 Å². The van der Waals surface area contributed by atoms with Crippen molar-refractivity contribution in [1.82, 2.24) is 4.90 Å². The first-order valence-electron chi connectivity index (χ1n) is 10.2. The van der Waals surface area contributed by atoms with Crippen molar-refractivity contribution < 1.29 is 19.3 Å². The minimum Gasteiger partial charge on any atom is -0.463 e. The van der Waals surface area contributed by atoms with Crippen LogP contribution < -0.4 is 10.6 Å². The zero-order valence-corrected chi connectivity index (χ0v) is 17.4. The molecule has 1 heterocycles. The monoisotopic (exact) mass is 406 g/mol. The Hall–Kier alpha value is -3.38. The molecule has 3 rings (SSSR count). The van der Waals surface area contributed by atoms with Gasteiger partial charge in [0.05, 0.1) is 6.26 Å². The second kappa shape index (κ2) is 10.4. The van der Waals surface area contributed by atoms with Gasteiger partial charge in [0.25, 0.3) is 11.8 Å². The van der Waals surface area contributed by atoms with Crippen LogP contribution in [0.2, 0.25) is 0 Å². The third-order valence-electron chi connectivity index (χ3n) is 4.99. The topological polar surface area (TPSA) is 79.2 Å². The molecule has 3 aromatic rings. The lowest BCUT2D eigenvalue weighted by Crippen LogP contribution is -2.87. The molecule has 0 bridgehead atoms. The Labute approximate surface area is 176 Å². The number of nitrogens with zero attached hydrogens (tertiary/aromatic N) is 1. The SMILES string of the molecule is CCN(CC)C(=O)c1cccc(NC(=O)C[NH2+][C@@H](c2ccccc2)c2ccco2)c1. The van der Waals surface area contributed by atoms with Crippen molar-refractivity contribution >= 4 is 17.5 Å². The van der Waals surface area contributed by atoms with Gasteiger partial charge in [-0.15, -0.1) is 0 Å². The minimum absolute atomic E-state index is 0.0374. The van der Waals surface area contributed by atoms with E-state index in [0.717, 1.165) is 11.3 Å². The summed E-state index contributed by atoms with van der Waals surface area (Å²) in [5.41, 5.74) is 2.24. The van der Waals surface area contributed by atoms with Crippen LogP contribution in [-0.4, -0.2) is 36.3 Å². The molecule has 3 N–H and O–H groups in total. The van der Waals surface area contributed by atoms with Gasteiger partial charge in [0.1, 0.15) is 0 Å². The van der Waals surface area contributed by atoms with Crippen LogP contribution in [0.1, 0.15) is 41.6 Å². The lowest BCUT2D eigenvalue weighted by Gasteiger charge is -2.19. The van der Waals surface area contributed by atoms with E-state index in [4.69, 9.17) is 4.42 Å². The fourth-order valence-electron chi connectivity index (χ4n) is 3.41. The Balaban J connectivity index is 1.65. The number of nitrogens with one attached hydrogen (secondary N) is 1. The molecule has 0 radical (unpaired) electrons. The van der Waals surface area contributed by atoms with Gasteiger partial charge >= 0.3 is 0 Å². The van der Waals surface area contributed by atoms with Crippen LogP contribution in [0.5, 0.6) is 0 Å². The zero-order chi connectivity index (χ0) is 21.3. The molecule has 0 aliphatic rings. The largest absolute Gasteiger partial charge is 0.463 e. The molecule has 1 atom stereocenters. The van der Waals surface area contributed by atoms with Gasteiger partial charge < -0.3 is 20.0 Å². The molecule has 0 spiro atoms. The van der Waals surface area contributed by atoms with Gasteiger partial charge in [0.2, 0.25) is 0 Å². The molecule has 0 saturated carbocycles. The number of rotatable bonds is 9. The standard InChI is InChI=1S/C24H27N3O3/c1-3-27(4-2)24(29)19-12-8-13-20(16-19)26-22(28)17-25-23(21-14-9-15-30-21)18-10-6-5-7-11-18/h5-16,23,25H,3-4,17H2,1-2H3,(H,26,28)/p+1/t23-/m0/s1. The van der Waals surface area contributed by atoms with E-state index < -0.39 is 0 Å². The molecule has 0 aliphatic heterocycles. The van der Waals surface area contributed by atoms with Crippen LogP contribution in [-0.2, 0) is 4.79 Å². The Bertz CT molecular complexity index is 951. The molecule has 1 aromatic heterocycles. The van der Waals surface area contributed by atoms with E-state index >= 15 is 0 Å². The Kier molecular flexibility index (Phi) is 7.40. The highest BCUT2D eigenvalue weighted by Crippen LogP contribution is 2.18. The molecule has 0 aliphatic carbocycles. The Morgan fingerprint density at radius 1 is 1.00 bits per heavy atom. The van der Waals surface area contributed by atoms with Crippen LogP contribution in [0.3, 0.4) is 0 Å². The first kappa shape index (κ1) is 21.3. The highest BCUT2D eigenvalue weighted by atomic mass is 16.3. The summed E-state index contributed by atoms with van der Waals surface area (Å²) in [6.07, 6.45) is 1.64. The summed E-state index contributed by atoms with van der Waals surface area (Å²) >= 11 is 0. The molecular weight excluding hydrogens is 378 g/mol. The third-order valence-corrected chi connectivity index (χ3v) is 4.99. The van der Waals surface area contributed by atoms with E-state index in [1.807, 2.05) is 61.6 Å². The number of carbonyl (C=O) groups is 2. The summed E-state index contributed by atoms with van der Waals surface area (Å²) in [4.78, 5) is 26.9. The van der Waals surface area contributed by atoms with E-state index in [1.54, 1.807) is 35.4 Å². The first-order valence-corrected chi connectivity index (χ1v) is 10.2. The van der Waals surface area contributed by atoms with Crippen molar-refractivity contribution in [1.29, 1.82) is 0 Å². The van der Waals surface area contributed by atoms with Gasteiger partial charge in [-0.1, -0.05) is 36.4 Å². The number of anilines is 1. The number of carbonyl (C=O) groups excluding carboxylic acids is 2. The van der Waals surface area contributed by atoms with E-state index in [2.05, 4.69) is 5.32 Å². The van der Waals surface area contributed by atoms with Gasteiger partial charge in [0, 0.05) is 29.9 Å². The summed E-state index contributed by atoms with van der Waals surface area (Å²) in [6.45, 7) is 5.41. The maximum Gasteiger partial charge on any atom is 0.279 e. The lowest BCUT2D eigenvalue weighted by molar-refractivity contribution is -0.678. The van der Waals surface area contributed by atoms with Crippen LogP contribution in [0.15, 0.2) is 77.4 Å². The number of quaternary nitrogens is 1. The highest BCUT2D eigenvalue weighted by molar-refractivity contribution is 5.97.